The van der Waals surface area contributed by atoms with E-state index in [-0.39, 0.29) is 5.69 Å². The lowest BCUT2D eigenvalue weighted by Crippen LogP contribution is -2.04. The van der Waals surface area contributed by atoms with Crippen LogP contribution in [0, 0.1) is 17.0 Å². The van der Waals surface area contributed by atoms with Crippen LogP contribution in [0.5, 0.6) is 0 Å². The molecular formula is C12H13N3O3. The molecule has 0 saturated heterocycles. The molecule has 18 heavy (non-hydrogen) atoms. The summed E-state index contributed by atoms with van der Waals surface area (Å²) in [6.07, 6.45) is 1.52. The summed E-state index contributed by atoms with van der Waals surface area (Å²) < 4.78 is 5.50. The highest BCUT2D eigenvalue weighted by atomic mass is 16.6. The molecule has 94 valence electrons. The van der Waals surface area contributed by atoms with Crippen LogP contribution in [0.15, 0.2) is 28.8 Å². The molecule has 6 heteroatoms. The molecule has 0 bridgehead atoms. The van der Waals surface area contributed by atoms with E-state index in [4.69, 9.17) is 4.42 Å². The fourth-order valence-electron chi connectivity index (χ4n) is 1.78. The molecule has 0 spiro atoms. The summed E-state index contributed by atoms with van der Waals surface area (Å²) in [5.74, 6) is 0.926. The monoisotopic (exact) mass is 247 g/mol. The van der Waals surface area contributed by atoms with Crippen LogP contribution < -0.4 is 5.32 Å². The van der Waals surface area contributed by atoms with Crippen LogP contribution in [0.4, 0.5) is 5.69 Å². The number of nitrogens with one attached hydrogen (secondary N) is 1. The quantitative estimate of drug-likeness (QED) is 0.662. The van der Waals surface area contributed by atoms with Crippen molar-refractivity contribution in [1.29, 1.82) is 0 Å². The SMILES string of the molecule is CNCc1ncc(-c2c(C)cccc2[N+](=O)[O-])o1. The molecule has 0 radical (unpaired) electrons. The van der Waals surface area contributed by atoms with Gasteiger partial charge in [-0.3, -0.25) is 10.1 Å². The highest BCUT2D eigenvalue weighted by Crippen LogP contribution is 2.33. The van der Waals surface area contributed by atoms with Gasteiger partial charge in [0, 0.05) is 6.07 Å². The molecule has 1 aromatic heterocycles. The number of hydrogen-bond acceptors (Lipinski definition) is 5. The average Bonchev–Trinajstić information content (AvgIpc) is 2.77. The van der Waals surface area contributed by atoms with Crippen LogP contribution >= 0.6 is 0 Å². The van der Waals surface area contributed by atoms with Crippen LogP contribution in [0.3, 0.4) is 0 Å². The number of aryl methyl sites for hydroxylation is 1. The molecule has 0 aliphatic heterocycles. The molecule has 0 unspecified atom stereocenters. The maximum atomic E-state index is 11.0. The predicted octanol–water partition coefficient (Wildman–Crippen LogP) is 2.28. The van der Waals surface area contributed by atoms with Crippen molar-refractivity contribution in [1.82, 2.24) is 10.3 Å². The van der Waals surface area contributed by atoms with Crippen molar-refractivity contribution in [2.24, 2.45) is 0 Å². The van der Waals surface area contributed by atoms with Crippen molar-refractivity contribution in [3.8, 4) is 11.3 Å². The number of nitrogens with zero attached hydrogens (tertiary/aromatic N) is 2. The van der Waals surface area contributed by atoms with Crippen molar-refractivity contribution < 1.29 is 9.34 Å². The average molecular weight is 247 g/mol. The number of benzene rings is 1. The number of aromatic nitrogens is 1. The summed E-state index contributed by atoms with van der Waals surface area (Å²) in [4.78, 5) is 14.7. The molecule has 0 aliphatic rings. The van der Waals surface area contributed by atoms with E-state index in [1.54, 1.807) is 13.1 Å². The second-order valence-corrected chi connectivity index (χ2v) is 3.87. The van der Waals surface area contributed by atoms with Crippen LogP contribution in [0.1, 0.15) is 11.5 Å². The lowest BCUT2D eigenvalue weighted by Gasteiger charge is -2.02. The smallest absolute Gasteiger partial charge is 0.280 e. The van der Waals surface area contributed by atoms with Crippen molar-refractivity contribution in [2.75, 3.05) is 7.05 Å². The summed E-state index contributed by atoms with van der Waals surface area (Å²) in [6.45, 7) is 2.29. The van der Waals surface area contributed by atoms with E-state index in [2.05, 4.69) is 10.3 Å². The van der Waals surface area contributed by atoms with Crippen molar-refractivity contribution in [3.05, 3.63) is 46.0 Å². The molecule has 1 aromatic carbocycles. The summed E-state index contributed by atoms with van der Waals surface area (Å²) in [5.41, 5.74) is 1.30. The maximum absolute atomic E-state index is 11.0. The van der Waals surface area contributed by atoms with Gasteiger partial charge in [-0.05, 0) is 19.5 Å². The summed E-state index contributed by atoms with van der Waals surface area (Å²) in [5, 5.41) is 13.9. The van der Waals surface area contributed by atoms with Crippen LogP contribution in [0.2, 0.25) is 0 Å². The van der Waals surface area contributed by atoms with Gasteiger partial charge in [0.15, 0.2) is 5.76 Å². The molecule has 1 N–H and O–H groups in total. The predicted molar refractivity (Wildman–Crippen MR) is 66.1 cm³/mol. The highest BCUT2D eigenvalue weighted by molar-refractivity contribution is 5.72. The number of oxazole rings is 1. The normalized spacial score (nSPS) is 10.6. The summed E-state index contributed by atoms with van der Waals surface area (Å²) in [7, 11) is 1.78. The minimum atomic E-state index is -0.414. The van der Waals surface area contributed by atoms with E-state index < -0.39 is 4.92 Å². The van der Waals surface area contributed by atoms with Gasteiger partial charge in [0.25, 0.3) is 5.69 Å². The van der Waals surface area contributed by atoms with Gasteiger partial charge < -0.3 is 9.73 Å². The van der Waals surface area contributed by atoms with Gasteiger partial charge in [-0.2, -0.15) is 0 Å². The third kappa shape index (κ3) is 2.23. The maximum Gasteiger partial charge on any atom is 0.280 e. The topological polar surface area (TPSA) is 81.2 Å². The first kappa shape index (κ1) is 12.3. The van der Waals surface area contributed by atoms with Gasteiger partial charge in [0.05, 0.1) is 23.2 Å². The minimum absolute atomic E-state index is 0.0298. The Hall–Kier alpha value is -2.21. The van der Waals surface area contributed by atoms with Gasteiger partial charge in [-0.1, -0.05) is 12.1 Å². The Balaban J connectivity index is 2.51. The fourth-order valence-corrected chi connectivity index (χ4v) is 1.78. The standard InChI is InChI=1S/C12H13N3O3/c1-8-4-3-5-9(15(16)17)12(8)10-6-14-11(18-10)7-13-2/h3-6,13H,7H2,1-2H3. The van der Waals surface area contributed by atoms with E-state index in [1.807, 2.05) is 13.0 Å². The summed E-state index contributed by atoms with van der Waals surface area (Å²) >= 11 is 0. The lowest BCUT2D eigenvalue weighted by atomic mass is 10.1. The molecular weight excluding hydrogens is 234 g/mol. The highest BCUT2D eigenvalue weighted by Gasteiger charge is 2.20. The zero-order chi connectivity index (χ0) is 13.1. The number of hydrogen-bond donors (Lipinski definition) is 1. The van der Waals surface area contributed by atoms with Gasteiger partial charge in [0.1, 0.15) is 0 Å². The molecule has 6 nitrogen and oxygen atoms in total. The van der Waals surface area contributed by atoms with Crippen molar-refractivity contribution in [2.45, 2.75) is 13.5 Å². The Labute approximate surface area is 104 Å². The van der Waals surface area contributed by atoms with Crippen LogP contribution in [-0.4, -0.2) is 17.0 Å². The zero-order valence-electron chi connectivity index (χ0n) is 10.1. The zero-order valence-corrected chi connectivity index (χ0v) is 10.1. The van der Waals surface area contributed by atoms with Gasteiger partial charge in [-0.15, -0.1) is 0 Å². The molecule has 1 heterocycles. The molecule has 0 atom stereocenters. The first-order valence-corrected chi connectivity index (χ1v) is 5.47. The Kier molecular flexibility index (Phi) is 3.38. The van der Waals surface area contributed by atoms with E-state index in [1.165, 1.54) is 12.3 Å². The van der Waals surface area contributed by atoms with E-state index in [0.717, 1.165) is 5.56 Å². The molecule has 2 aromatic rings. The molecule has 0 aliphatic carbocycles. The molecule has 0 saturated carbocycles. The largest absolute Gasteiger partial charge is 0.439 e. The Morgan fingerprint density at radius 1 is 1.50 bits per heavy atom. The molecule has 0 fully saturated rings. The first-order valence-electron chi connectivity index (χ1n) is 5.47. The number of nitro benzene ring substituents is 1. The third-order valence-corrected chi connectivity index (χ3v) is 2.58. The van der Waals surface area contributed by atoms with Crippen molar-refractivity contribution >= 4 is 5.69 Å². The number of rotatable bonds is 4. The lowest BCUT2D eigenvalue weighted by molar-refractivity contribution is -0.384. The van der Waals surface area contributed by atoms with E-state index in [0.29, 0.717) is 23.8 Å². The van der Waals surface area contributed by atoms with E-state index >= 15 is 0 Å². The molecule has 0 amide bonds. The van der Waals surface area contributed by atoms with Gasteiger partial charge in [-0.25, -0.2) is 4.98 Å². The van der Waals surface area contributed by atoms with Crippen molar-refractivity contribution in [3.63, 3.8) is 0 Å². The second kappa shape index (κ2) is 4.97. The Bertz CT molecular complexity index is 578. The number of nitro groups is 1. The minimum Gasteiger partial charge on any atom is -0.439 e. The van der Waals surface area contributed by atoms with Crippen LogP contribution in [-0.2, 0) is 6.54 Å². The van der Waals surface area contributed by atoms with E-state index in [9.17, 15) is 10.1 Å². The van der Waals surface area contributed by atoms with Gasteiger partial charge in [0.2, 0.25) is 5.89 Å². The third-order valence-electron chi connectivity index (χ3n) is 2.58. The Morgan fingerprint density at radius 3 is 2.94 bits per heavy atom. The van der Waals surface area contributed by atoms with Gasteiger partial charge >= 0.3 is 0 Å². The second-order valence-electron chi connectivity index (χ2n) is 3.87. The summed E-state index contributed by atoms with van der Waals surface area (Å²) in [6, 6.07) is 4.92. The first-order chi connectivity index (χ1) is 8.63. The van der Waals surface area contributed by atoms with Crippen LogP contribution in [0.25, 0.3) is 11.3 Å². The Morgan fingerprint density at radius 2 is 2.28 bits per heavy atom. The molecule has 2 rings (SSSR count). The fraction of sp³-hybridized carbons (Fsp3) is 0.250.